The first-order valence-electron chi connectivity index (χ1n) is 1.50. The summed E-state index contributed by atoms with van der Waals surface area (Å²) in [7, 11) is 0. The highest BCUT2D eigenvalue weighted by atomic mass is 19.1. The lowest BCUT2D eigenvalue weighted by atomic mass is 10.9. The molecular formula is C2HFN2O2. The highest BCUT2D eigenvalue weighted by molar-refractivity contribution is 4.62. The molecule has 0 aliphatic rings. The highest BCUT2D eigenvalue weighted by Crippen LogP contribution is 1.71. The molecule has 1 aromatic rings. The topological polar surface area (TPSA) is 58.9 Å². The summed E-state index contributed by atoms with van der Waals surface area (Å²) in [5, 5.41) is 4.43. The number of H-pyrrole nitrogens is 1. The van der Waals surface area contributed by atoms with Gasteiger partial charge in [-0.3, -0.25) is 0 Å². The Bertz CT molecular complexity index is 201. The smallest absolute Gasteiger partial charge is 0.317 e. The summed E-state index contributed by atoms with van der Waals surface area (Å²) in [4.78, 5) is 9.78. The molecule has 0 unspecified atom stereocenters. The molecule has 0 saturated carbocycles. The number of aromatic amines is 1. The van der Waals surface area contributed by atoms with E-state index in [2.05, 4.69) is 9.62 Å². The Morgan fingerprint density at radius 1 is 1.86 bits per heavy atom. The second kappa shape index (κ2) is 1.18. The number of nitrogens with one attached hydrogen (secondary N) is 1. The van der Waals surface area contributed by atoms with Crippen molar-refractivity contribution in [2.75, 3.05) is 0 Å². The largest absolute Gasteiger partial charge is 0.414 e. The molecule has 0 aliphatic carbocycles. The van der Waals surface area contributed by atoms with Crippen molar-refractivity contribution in [1.82, 2.24) is 10.4 Å². The van der Waals surface area contributed by atoms with E-state index in [-0.39, 0.29) is 0 Å². The van der Waals surface area contributed by atoms with E-state index in [4.69, 9.17) is 0 Å². The van der Waals surface area contributed by atoms with Gasteiger partial charge in [0, 0.05) is 0 Å². The zero-order valence-electron chi connectivity index (χ0n) is 3.14. The molecule has 0 atom stereocenters. The first-order chi connectivity index (χ1) is 3.30. The fraction of sp³-hybridized carbons (Fsp3) is 0. The standard InChI is InChI=1S/C2HFN2O2/c3-1-2(6)7-5-4-1/h5H. The zero-order valence-corrected chi connectivity index (χ0v) is 3.14. The van der Waals surface area contributed by atoms with Gasteiger partial charge in [-0.25, -0.2) is 4.79 Å². The van der Waals surface area contributed by atoms with E-state index in [1.165, 1.54) is 0 Å². The highest BCUT2D eigenvalue weighted by Gasteiger charge is 1.97. The van der Waals surface area contributed by atoms with Crippen LogP contribution in [-0.2, 0) is 0 Å². The maximum Gasteiger partial charge on any atom is 0.414 e. The third kappa shape index (κ3) is 0.510. The normalized spacial score (nSPS) is 9.29. The van der Waals surface area contributed by atoms with Crippen LogP contribution in [0.3, 0.4) is 0 Å². The number of aromatic nitrogens is 2. The summed E-state index contributed by atoms with van der Waals surface area (Å²) in [5.74, 6) is -1.14. The van der Waals surface area contributed by atoms with Gasteiger partial charge in [-0.15, -0.1) is 10.4 Å². The monoisotopic (exact) mass is 104 g/mol. The Balaban J connectivity index is 3.39. The van der Waals surface area contributed by atoms with Crippen LogP contribution in [0.5, 0.6) is 0 Å². The van der Waals surface area contributed by atoms with Crippen LogP contribution >= 0.6 is 0 Å². The van der Waals surface area contributed by atoms with Gasteiger partial charge >= 0.3 is 11.6 Å². The fourth-order valence-electron chi connectivity index (χ4n) is 0.192. The van der Waals surface area contributed by atoms with Crippen molar-refractivity contribution in [2.24, 2.45) is 0 Å². The van der Waals surface area contributed by atoms with Gasteiger partial charge in [0.1, 0.15) is 0 Å². The van der Waals surface area contributed by atoms with Gasteiger partial charge in [-0.1, -0.05) is 0 Å². The second-order valence-corrected chi connectivity index (χ2v) is 0.883. The van der Waals surface area contributed by atoms with E-state index in [1.807, 2.05) is 0 Å². The third-order valence-electron chi connectivity index (χ3n) is 0.451. The molecule has 7 heavy (non-hydrogen) atoms. The van der Waals surface area contributed by atoms with E-state index in [1.54, 1.807) is 5.27 Å². The van der Waals surface area contributed by atoms with Crippen LogP contribution in [0, 0.1) is 5.95 Å². The second-order valence-electron chi connectivity index (χ2n) is 0.883. The van der Waals surface area contributed by atoms with Gasteiger partial charge in [0.05, 0.1) is 0 Å². The quantitative estimate of drug-likeness (QED) is 0.482. The molecule has 1 N–H and O–H groups in total. The Morgan fingerprint density at radius 2 is 2.57 bits per heavy atom. The molecule has 5 heteroatoms. The molecule has 0 saturated heterocycles. The lowest BCUT2D eigenvalue weighted by Gasteiger charge is -1.54. The molecule has 0 bridgehead atoms. The average Bonchev–Trinajstić information content (AvgIpc) is 1.91. The van der Waals surface area contributed by atoms with Crippen LogP contribution in [-0.4, -0.2) is 10.4 Å². The summed E-state index contributed by atoms with van der Waals surface area (Å²) < 4.78 is 15.3. The first-order valence-corrected chi connectivity index (χ1v) is 1.50. The van der Waals surface area contributed by atoms with Crippen molar-refractivity contribution < 1.29 is 8.91 Å². The minimum Gasteiger partial charge on any atom is -0.317 e. The Hall–Kier alpha value is -1.13. The third-order valence-corrected chi connectivity index (χ3v) is 0.451. The molecule has 1 heterocycles. The predicted octanol–water partition coefficient (Wildman–Crippen LogP) is -0.498. The van der Waals surface area contributed by atoms with Crippen LogP contribution in [0.15, 0.2) is 9.32 Å². The summed E-state index contributed by atoms with van der Waals surface area (Å²) in [6, 6.07) is 0. The van der Waals surface area contributed by atoms with Gasteiger partial charge < -0.3 is 4.52 Å². The predicted molar refractivity (Wildman–Crippen MR) is 17.1 cm³/mol. The maximum absolute atomic E-state index is 11.5. The van der Waals surface area contributed by atoms with Gasteiger partial charge in [-0.05, 0) is 0 Å². The van der Waals surface area contributed by atoms with Crippen LogP contribution < -0.4 is 5.63 Å². The summed E-state index contributed by atoms with van der Waals surface area (Å²) >= 11 is 0. The number of hydrogen-bond acceptors (Lipinski definition) is 3. The van der Waals surface area contributed by atoms with Crippen molar-refractivity contribution in [3.05, 3.63) is 16.4 Å². The van der Waals surface area contributed by atoms with Gasteiger partial charge in [0.15, 0.2) is 0 Å². The number of halogens is 1. The molecule has 0 aromatic carbocycles. The van der Waals surface area contributed by atoms with E-state index >= 15 is 0 Å². The molecule has 0 radical (unpaired) electrons. The zero-order chi connectivity index (χ0) is 5.28. The lowest BCUT2D eigenvalue weighted by Crippen LogP contribution is -1.96. The Morgan fingerprint density at radius 3 is 2.71 bits per heavy atom. The Kier molecular flexibility index (Phi) is 0.680. The average molecular weight is 104 g/mol. The molecule has 0 aliphatic heterocycles. The van der Waals surface area contributed by atoms with Crippen LogP contribution in [0.4, 0.5) is 4.39 Å². The van der Waals surface area contributed by atoms with Crippen LogP contribution in [0.2, 0.25) is 0 Å². The first kappa shape index (κ1) is 4.04. The van der Waals surface area contributed by atoms with Crippen molar-refractivity contribution in [1.29, 1.82) is 0 Å². The summed E-state index contributed by atoms with van der Waals surface area (Å²) in [5.41, 5.74) is -1.07. The van der Waals surface area contributed by atoms with E-state index in [9.17, 15) is 9.18 Å². The van der Waals surface area contributed by atoms with Crippen molar-refractivity contribution >= 4 is 0 Å². The fourth-order valence-corrected chi connectivity index (χ4v) is 0.192. The van der Waals surface area contributed by atoms with Crippen molar-refractivity contribution in [3.8, 4) is 0 Å². The van der Waals surface area contributed by atoms with Crippen LogP contribution in [0.25, 0.3) is 0 Å². The van der Waals surface area contributed by atoms with Gasteiger partial charge in [0.2, 0.25) is 0 Å². The SMILES string of the molecule is O=c1o[nH]nc1F. The molecule has 38 valence electrons. The summed E-state index contributed by atoms with van der Waals surface area (Å²) in [6.45, 7) is 0. The number of nitrogens with zero attached hydrogens (tertiary/aromatic N) is 1. The molecule has 0 fully saturated rings. The van der Waals surface area contributed by atoms with E-state index in [0.29, 0.717) is 0 Å². The maximum atomic E-state index is 11.5. The molecule has 0 spiro atoms. The minimum absolute atomic E-state index is 1.07. The molecule has 1 aromatic heterocycles. The lowest BCUT2D eigenvalue weighted by molar-refractivity contribution is 0.367. The van der Waals surface area contributed by atoms with Gasteiger partial charge in [-0.2, -0.15) is 4.39 Å². The molecular weight excluding hydrogens is 103 g/mol. The van der Waals surface area contributed by atoms with Crippen LogP contribution in [0.1, 0.15) is 0 Å². The molecule has 0 amide bonds. The molecule has 1 rings (SSSR count). The Labute approximate surface area is 36.9 Å². The van der Waals surface area contributed by atoms with Crippen molar-refractivity contribution in [3.63, 3.8) is 0 Å². The van der Waals surface area contributed by atoms with E-state index in [0.717, 1.165) is 0 Å². The summed E-state index contributed by atoms with van der Waals surface area (Å²) in [6.07, 6.45) is 0. The molecule has 4 nitrogen and oxygen atoms in total. The van der Waals surface area contributed by atoms with E-state index < -0.39 is 11.6 Å². The number of rotatable bonds is 0. The van der Waals surface area contributed by atoms with Crippen molar-refractivity contribution in [2.45, 2.75) is 0 Å². The van der Waals surface area contributed by atoms with Gasteiger partial charge in [0.25, 0.3) is 0 Å². The minimum atomic E-state index is -1.14. The number of hydrogen-bond donors (Lipinski definition) is 1.